The molecule has 2 N–H and O–H groups in total. The second kappa shape index (κ2) is 5.57. The van der Waals surface area contributed by atoms with E-state index in [0.29, 0.717) is 17.7 Å². The Morgan fingerprint density at radius 3 is 2.62 bits per heavy atom. The minimum absolute atomic E-state index is 0.0183. The van der Waals surface area contributed by atoms with Crippen molar-refractivity contribution in [3.8, 4) is 0 Å². The molecule has 1 aromatic heterocycles. The Labute approximate surface area is 121 Å². The van der Waals surface area contributed by atoms with Crippen LogP contribution in [0, 0.1) is 6.92 Å². The van der Waals surface area contributed by atoms with Gasteiger partial charge in [-0.3, -0.25) is 0 Å². The van der Waals surface area contributed by atoms with Gasteiger partial charge in [-0.25, -0.2) is 17.9 Å². The van der Waals surface area contributed by atoms with Crippen LogP contribution in [0.25, 0.3) is 0 Å². The minimum atomic E-state index is -3.95. The van der Waals surface area contributed by atoms with E-state index in [-0.39, 0.29) is 16.3 Å². The number of hydrogen-bond acceptors (Lipinski definition) is 5. The summed E-state index contributed by atoms with van der Waals surface area (Å²) in [6, 6.07) is 5.43. The number of nitrogens with zero attached hydrogens (tertiary/aromatic N) is 1. The molecule has 21 heavy (non-hydrogen) atoms. The number of carboxylic acids is 1. The number of rotatable bonds is 5. The van der Waals surface area contributed by atoms with Crippen LogP contribution in [0.5, 0.6) is 0 Å². The van der Waals surface area contributed by atoms with Gasteiger partial charge in [0.05, 0.1) is 16.2 Å². The molecule has 0 radical (unpaired) electrons. The zero-order valence-corrected chi connectivity index (χ0v) is 12.3. The molecule has 0 saturated carbocycles. The molecule has 0 spiro atoms. The Kier molecular flexibility index (Phi) is 3.99. The first-order valence-electron chi connectivity index (χ1n) is 6.16. The molecule has 0 amide bonds. The van der Waals surface area contributed by atoms with E-state index in [9.17, 15) is 13.2 Å². The Morgan fingerprint density at radius 2 is 2.10 bits per heavy atom. The van der Waals surface area contributed by atoms with Gasteiger partial charge in [-0.05, 0) is 31.0 Å². The van der Waals surface area contributed by atoms with E-state index < -0.39 is 16.0 Å². The normalized spacial score (nSPS) is 11.3. The number of hydrogen-bond donors (Lipinski definition) is 2. The largest absolute Gasteiger partial charge is 0.478 e. The van der Waals surface area contributed by atoms with Crippen LogP contribution < -0.4 is 4.72 Å². The number of anilines is 1. The summed E-state index contributed by atoms with van der Waals surface area (Å²) < 4.78 is 31.8. The molecule has 0 aliphatic rings. The molecule has 0 fully saturated rings. The van der Waals surface area contributed by atoms with Gasteiger partial charge in [-0.15, -0.1) is 0 Å². The molecule has 0 aliphatic carbocycles. The molecule has 0 atom stereocenters. The highest BCUT2D eigenvalue weighted by atomic mass is 32.2. The molecule has 8 heteroatoms. The highest BCUT2D eigenvalue weighted by molar-refractivity contribution is 7.92. The average Bonchev–Trinajstić information content (AvgIpc) is 2.82. The van der Waals surface area contributed by atoms with Gasteiger partial charge in [0.2, 0.25) is 5.88 Å². The molecular weight excluding hydrogens is 296 g/mol. The average molecular weight is 310 g/mol. The number of aryl methyl sites for hydroxylation is 2. The molecule has 0 aliphatic heterocycles. The van der Waals surface area contributed by atoms with Crippen molar-refractivity contribution in [2.24, 2.45) is 0 Å². The zero-order chi connectivity index (χ0) is 15.6. The first-order valence-corrected chi connectivity index (χ1v) is 7.64. The lowest BCUT2D eigenvalue weighted by Gasteiger charge is -2.10. The van der Waals surface area contributed by atoms with Crippen molar-refractivity contribution in [1.29, 1.82) is 0 Å². The SMILES string of the molecule is CCc1ccc(C(=O)O)cc1S(=O)(=O)Nc1cc(C)no1. The summed E-state index contributed by atoms with van der Waals surface area (Å²) in [4.78, 5) is 10.9. The monoisotopic (exact) mass is 310 g/mol. The smallest absolute Gasteiger partial charge is 0.335 e. The Morgan fingerprint density at radius 1 is 1.38 bits per heavy atom. The van der Waals surface area contributed by atoms with Crippen LogP contribution >= 0.6 is 0 Å². The number of sulfonamides is 1. The Hall–Kier alpha value is -2.35. The van der Waals surface area contributed by atoms with Crippen LogP contribution in [-0.2, 0) is 16.4 Å². The van der Waals surface area contributed by atoms with Crippen LogP contribution in [0.1, 0.15) is 28.5 Å². The van der Waals surface area contributed by atoms with E-state index in [1.807, 2.05) is 0 Å². The molecule has 7 nitrogen and oxygen atoms in total. The number of aromatic nitrogens is 1. The molecule has 2 aromatic rings. The Balaban J connectivity index is 2.47. The summed E-state index contributed by atoms with van der Waals surface area (Å²) in [5.41, 5.74) is 0.952. The van der Waals surface area contributed by atoms with Gasteiger partial charge in [-0.1, -0.05) is 18.1 Å². The summed E-state index contributed by atoms with van der Waals surface area (Å²) in [5, 5.41) is 12.6. The molecule has 2 rings (SSSR count). The second-order valence-corrected chi connectivity index (χ2v) is 6.07. The van der Waals surface area contributed by atoms with Gasteiger partial charge in [0.1, 0.15) is 0 Å². The van der Waals surface area contributed by atoms with E-state index in [4.69, 9.17) is 9.63 Å². The highest BCUT2D eigenvalue weighted by Gasteiger charge is 2.21. The van der Waals surface area contributed by atoms with Crippen LogP contribution in [0.15, 0.2) is 33.7 Å². The van der Waals surface area contributed by atoms with E-state index >= 15 is 0 Å². The summed E-state index contributed by atoms with van der Waals surface area (Å²) in [7, 11) is -3.95. The van der Waals surface area contributed by atoms with E-state index in [1.165, 1.54) is 18.2 Å². The van der Waals surface area contributed by atoms with Crippen LogP contribution in [0.3, 0.4) is 0 Å². The lowest BCUT2D eigenvalue weighted by Crippen LogP contribution is -2.15. The predicted molar refractivity (Wildman–Crippen MR) is 74.8 cm³/mol. The fourth-order valence-corrected chi connectivity index (χ4v) is 3.14. The zero-order valence-electron chi connectivity index (χ0n) is 11.5. The maximum atomic E-state index is 12.4. The van der Waals surface area contributed by atoms with Crippen LogP contribution in [-0.4, -0.2) is 24.7 Å². The highest BCUT2D eigenvalue weighted by Crippen LogP contribution is 2.22. The van der Waals surface area contributed by atoms with Crippen LogP contribution in [0.2, 0.25) is 0 Å². The van der Waals surface area contributed by atoms with E-state index in [1.54, 1.807) is 13.8 Å². The topological polar surface area (TPSA) is 110 Å². The third kappa shape index (κ3) is 3.22. The molecule has 0 saturated heterocycles. The number of carboxylic acid groups (broad SMARTS) is 1. The first-order chi connectivity index (χ1) is 9.83. The maximum Gasteiger partial charge on any atom is 0.335 e. The predicted octanol–water partition coefficient (Wildman–Crippen LogP) is 2.04. The standard InChI is InChI=1S/C13H14N2O5S/c1-3-9-4-5-10(13(16)17)7-11(9)21(18,19)15-12-6-8(2)14-20-12/h4-7,15H,3H2,1-2H3,(H,16,17). The third-order valence-corrected chi connectivity index (χ3v) is 4.28. The summed E-state index contributed by atoms with van der Waals surface area (Å²) in [6.45, 7) is 3.44. The molecule has 112 valence electrons. The van der Waals surface area contributed by atoms with Crippen LogP contribution in [0.4, 0.5) is 5.88 Å². The number of benzene rings is 1. The molecule has 0 unspecified atom stereocenters. The second-order valence-electron chi connectivity index (χ2n) is 4.42. The Bertz CT molecular complexity index is 780. The van der Waals surface area contributed by atoms with Gasteiger partial charge >= 0.3 is 5.97 Å². The molecule has 0 bridgehead atoms. The summed E-state index contributed by atoms with van der Waals surface area (Å²) >= 11 is 0. The molecule has 1 heterocycles. The van der Waals surface area contributed by atoms with Crippen molar-refractivity contribution in [3.63, 3.8) is 0 Å². The van der Waals surface area contributed by atoms with Crippen molar-refractivity contribution in [3.05, 3.63) is 41.1 Å². The third-order valence-electron chi connectivity index (χ3n) is 2.85. The van der Waals surface area contributed by atoms with Crippen molar-refractivity contribution in [2.75, 3.05) is 4.72 Å². The lowest BCUT2D eigenvalue weighted by molar-refractivity contribution is 0.0696. The molecule has 1 aromatic carbocycles. The van der Waals surface area contributed by atoms with Gasteiger partial charge in [0.25, 0.3) is 10.0 Å². The van der Waals surface area contributed by atoms with Crippen molar-refractivity contribution in [1.82, 2.24) is 5.16 Å². The lowest BCUT2D eigenvalue weighted by atomic mass is 10.1. The van der Waals surface area contributed by atoms with Gasteiger partial charge < -0.3 is 9.63 Å². The van der Waals surface area contributed by atoms with Gasteiger partial charge in [-0.2, -0.15) is 0 Å². The fourth-order valence-electron chi connectivity index (χ4n) is 1.83. The summed E-state index contributed by atoms with van der Waals surface area (Å²) in [5.74, 6) is -1.21. The first kappa shape index (κ1) is 15.0. The van der Waals surface area contributed by atoms with Crippen molar-refractivity contribution < 1.29 is 22.8 Å². The van der Waals surface area contributed by atoms with E-state index in [2.05, 4.69) is 9.88 Å². The van der Waals surface area contributed by atoms with Crippen molar-refractivity contribution >= 4 is 21.9 Å². The fraction of sp³-hybridized carbons (Fsp3) is 0.231. The molecular formula is C13H14N2O5S. The quantitative estimate of drug-likeness (QED) is 0.874. The van der Waals surface area contributed by atoms with E-state index in [0.717, 1.165) is 6.07 Å². The minimum Gasteiger partial charge on any atom is -0.478 e. The number of aromatic carboxylic acids is 1. The number of carbonyl (C=O) groups is 1. The maximum absolute atomic E-state index is 12.4. The van der Waals surface area contributed by atoms with Gasteiger partial charge in [0, 0.05) is 6.07 Å². The number of nitrogens with one attached hydrogen (secondary N) is 1. The van der Waals surface area contributed by atoms with Crippen molar-refractivity contribution in [2.45, 2.75) is 25.2 Å². The summed E-state index contributed by atoms with van der Waals surface area (Å²) in [6.07, 6.45) is 0.450. The van der Waals surface area contributed by atoms with Gasteiger partial charge in [0.15, 0.2) is 0 Å².